The van der Waals surface area contributed by atoms with Crippen molar-refractivity contribution in [1.29, 1.82) is 0 Å². The third-order valence-corrected chi connectivity index (χ3v) is 5.94. The van der Waals surface area contributed by atoms with Gasteiger partial charge in [-0.25, -0.2) is 15.0 Å². The van der Waals surface area contributed by atoms with Gasteiger partial charge in [-0.15, -0.1) is 0 Å². The van der Waals surface area contributed by atoms with Crippen LogP contribution in [0, 0.1) is 6.92 Å². The van der Waals surface area contributed by atoms with Crippen LogP contribution in [-0.2, 0) is 0 Å². The Morgan fingerprint density at radius 3 is 2.89 bits per heavy atom. The third kappa shape index (κ3) is 3.72. The monoisotopic (exact) mass is 461 g/mol. The van der Waals surface area contributed by atoms with E-state index in [0.717, 1.165) is 73.9 Å². The maximum absolute atomic E-state index is 4.94. The molecule has 0 aromatic carbocycles. The van der Waals surface area contributed by atoms with Gasteiger partial charge in [0.1, 0.15) is 16.9 Å². The standard InChI is InChI=1S/C26H23N9/c1-4-15(2)30-18-9-17(11-27-12-18)20-5-6-21-24(31-20)25(34-33-21)22-10-19-23(7-8-28-26(19)32-22)35-13-16(3)29-14-35/h5-14,30H,2,4H2,1,3H3,(H,28,32)(H,33,34). The largest absolute Gasteiger partial charge is 0.358 e. The number of aryl methyl sites for hydroxylation is 1. The predicted octanol–water partition coefficient (Wildman–Crippen LogP) is 5.39. The number of pyridine rings is 3. The fourth-order valence-electron chi connectivity index (χ4n) is 4.11. The Balaban J connectivity index is 1.43. The van der Waals surface area contributed by atoms with Crippen molar-refractivity contribution >= 4 is 27.8 Å². The second-order valence-electron chi connectivity index (χ2n) is 8.41. The summed E-state index contributed by atoms with van der Waals surface area (Å²) in [7, 11) is 0. The summed E-state index contributed by atoms with van der Waals surface area (Å²) in [6, 6.07) is 10.0. The lowest BCUT2D eigenvalue weighted by Gasteiger charge is -2.08. The number of hydrogen-bond acceptors (Lipinski definition) is 6. The lowest BCUT2D eigenvalue weighted by Crippen LogP contribution is -1.97. The molecule has 0 saturated carbocycles. The van der Waals surface area contributed by atoms with Crippen LogP contribution in [0.15, 0.2) is 73.7 Å². The zero-order valence-corrected chi connectivity index (χ0v) is 19.4. The first-order chi connectivity index (χ1) is 17.1. The number of fused-ring (bicyclic) bond motifs is 2. The van der Waals surface area contributed by atoms with Gasteiger partial charge in [0, 0.05) is 35.2 Å². The van der Waals surface area contributed by atoms with E-state index in [1.54, 1.807) is 24.9 Å². The molecule has 0 atom stereocenters. The lowest BCUT2D eigenvalue weighted by atomic mass is 10.1. The topological polar surface area (TPSA) is 113 Å². The van der Waals surface area contributed by atoms with Gasteiger partial charge < -0.3 is 14.9 Å². The number of H-pyrrole nitrogens is 2. The molecule has 6 rings (SSSR count). The highest BCUT2D eigenvalue weighted by Crippen LogP contribution is 2.31. The molecule has 0 fully saturated rings. The smallest absolute Gasteiger partial charge is 0.139 e. The van der Waals surface area contributed by atoms with E-state index in [1.807, 2.05) is 42.0 Å². The highest BCUT2D eigenvalue weighted by Gasteiger charge is 2.16. The zero-order valence-electron chi connectivity index (χ0n) is 19.4. The number of nitrogens with one attached hydrogen (secondary N) is 3. The number of aromatic nitrogens is 8. The van der Waals surface area contributed by atoms with E-state index in [-0.39, 0.29) is 0 Å². The van der Waals surface area contributed by atoms with Gasteiger partial charge in [0.25, 0.3) is 0 Å². The Morgan fingerprint density at radius 2 is 2.06 bits per heavy atom. The second-order valence-corrected chi connectivity index (χ2v) is 8.41. The van der Waals surface area contributed by atoms with Gasteiger partial charge in [0.2, 0.25) is 0 Å². The van der Waals surface area contributed by atoms with E-state index in [1.165, 1.54) is 0 Å². The summed E-state index contributed by atoms with van der Waals surface area (Å²) in [5.41, 5.74) is 9.43. The van der Waals surface area contributed by atoms with E-state index >= 15 is 0 Å². The molecule has 9 nitrogen and oxygen atoms in total. The Labute approximate surface area is 201 Å². The third-order valence-electron chi connectivity index (χ3n) is 5.94. The highest BCUT2D eigenvalue weighted by molar-refractivity contribution is 5.95. The molecule has 6 aromatic heterocycles. The van der Waals surface area contributed by atoms with Crippen molar-refractivity contribution in [3.05, 3.63) is 79.4 Å². The molecule has 9 heteroatoms. The number of allylic oxidation sites excluding steroid dienone is 1. The van der Waals surface area contributed by atoms with Crippen molar-refractivity contribution in [3.8, 4) is 28.3 Å². The molecule has 0 unspecified atom stereocenters. The number of hydrogen-bond donors (Lipinski definition) is 3. The number of nitrogens with zero attached hydrogens (tertiary/aromatic N) is 6. The van der Waals surface area contributed by atoms with Crippen molar-refractivity contribution < 1.29 is 0 Å². The summed E-state index contributed by atoms with van der Waals surface area (Å²) in [6.07, 6.45) is 10.0. The summed E-state index contributed by atoms with van der Waals surface area (Å²) in [4.78, 5) is 21.6. The quantitative estimate of drug-likeness (QED) is 0.306. The van der Waals surface area contributed by atoms with Crippen molar-refractivity contribution in [1.82, 2.24) is 39.7 Å². The first-order valence-corrected chi connectivity index (χ1v) is 11.3. The summed E-state index contributed by atoms with van der Waals surface area (Å²) < 4.78 is 2.00. The van der Waals surface area contributed by atoms with Gasteiger partial charge >= 0.3 is 0 Å². The highest BCUT2D eigenvalue weighted by atomic mass is 15.1. The fourth-order valence-corrected chi connectivity index (χ4v) is 4.11. The molecule has 35 heavy (non-hydrogen) atoms. The van der Waals surface area contributed by atoms with Crippen molar-refractivity contribution in [2.75, 3.05) is 5.32 Å². The van der Waals surface area contributed by atoms with E-state index < -0.39 is 0 Å². The summed E-state index contributed by atoms with van der Waals surface area (Å²) in [6.45, 7) is 8.04. The van der Waals surface area contributed by atoms with Crippen LogP contribution in [-0.4, -0.2) is 39.7 Å². The molecule has 0 radical (unpaired) electrons. The Morgan fingerprint density at radius 1 is 1.14 bits per heavy atom. The molecule has 0 bridgehead atoms. The lowest BCUT2D eigenvalue weighted by molar-refractivity contribution is 1.06. The van der Waals surface area contributed by atoms with Gasteiger partial charge in [0.15, 0.2) is 0 Å². The van der Waals surface area contributed by atoms with Gasteiger partial charge in [0.05, 0.1) is 46.5 Å². The molecule has 6 heterocycles. The van der Waals surface area contributed by atoms with E-state index in [2.05, 4.69) is 55.0 Å². The van der Waals surface area contributed by atoms with Crippen LogP contribution in [0.3, 0.4) is 0 Å². The van der Waals surface area contributed by atoms with Crippen LogP contribution in [0.25, 0.3) is 50.4 Å². The summed E-state index contributed by atoms with van der Waals surface area (Å²) in [5, 5.41) is 11.9. The molecule has 3 N–H and O–H groups in total. The van der Waals surface area contributed by atoms with Crippen LogP contribution in [0.5, 0.6) is 0 Å². The van der Waals surface area contributed by atoms with Crippen molar-refractivity contribution in [2.24, 2.45) is 0 Å². The van der Waals surface area contributed by atoms with Gasteiger partial charge in [-0.1, -0.05) is 13.5 Å². The first kappa shape index (κ1) is 20.8. The maximum Gasteiger partial charge on any atom is 0.139 e. The molecular formula is C26H23N9. The van der Waals surface area contributed by atoms with Gasteiger partial charge in [-0.05, 0) is 43.7 Å². The number of rotatable bonds is 6. The van der Waals surface area contributed by atoms with E-state index in [0.29, 0.717) is 0 Å². The van der Waals surface area contributed by atoms with Crippen LogP contribution in [0.4, 0.5) is 5.69 Å². The Bertz CT molecular complexity index is 1700. The Hall–Kier alpha value is -4.79. The molecule has 0 aliphatic heterocycles. The van der Waals surface area contributed by atoms with Gasteiger partial charge in [-0.2, -0.15) is 5.10 Å². The minimum atomic E-state index is 0.731. The van der Waals surface area contributed by atoms with Crippen LogP contribution in [0.1, 0.15) is 19.0 Å². The first-order valence-electron chi connectivity index (χ1n) is 11.3. The molecule has 0 saturated heterocycles. The minimum Gasteiger partial charge on any atom is -0.358 e. The number of imidazole rings is 1. The fraction of sp³-hybridized carbons (Fsp3) is 0.115. The molecular weight excluding hydrogens is 438 g/mol. The summed E-state index contributed by atoms with van der Waals surface area (Å²) in [5.74, 6) is 0. The molecule has 172 valence electrons. The number of aromatic amines is 2. The van der Waals surface area contributed by atoms with Crippen LogP contribution in [0.2, 0.25) is 0 Å². The van der Waals surface area contributed by atoms with Crippen molar-refractivity contribution in [3.63, 3.8) is 0 Å². The average molecular weight is 462 g/mol. The SMILES string of the molecule is C=C(CC)Nc1cncc(-c2ccc3[nH]nc(-c4cc5c(-n6cnc(C)c6)ccnc5[nH]4)c3n2)c1. The average Bonchev–Trinajstić information content (AvgIpc) is 3.61. The molecule has 0 spiro atoms. The molecule has 6 aromatic rings. The minimum absolute atomic E-state index is 0.731. The summed E-state index contributed by atoms with van der Waals surface area (Å²) >= 11 is 0. The number of anilines is 1. The maximum atomic E-state index is 4.94. The molecule has 0 amide bonds. The zero-order chi connectivity index (χ0) is 23.9. The predicted molar refractivity (Wildman–Crippen MR) is 137 cm³/mol. The Kier molecular flexibility index (Phi) is 4.88. The van der Waals surface area contributed by atoms with E-state index in [4.69, 9.17) is 4.98 Å². The van der Waals surface area contributed by atoms with E-state index in [9.17, 15) is 0 Å². The molecule has 0 aliphatic rings. The second kappa shape index (κ2) is 8.21. The van der Waals surface area contributed by atoms with Gasteiger partial charge in [-0.3, -0.25) is 10.1 Å². The van der Waals surface area contributed by atoms with Crippen LogP contribution >= 0.6 is 0 Å². The van der Waals surface area contributed by atoms with Crippen LogP contribution < -0.4 is 5.32 Å². The molecule has 0 aliphatic carbocycles. The normalized spacial score (nSPS) is 11.4. The van der Waals surface area contributed by atoms with Crippen molar-refractivity contribution in [2.45, 2.75) is 20.3 Å².